The van der Waals surface area contributed by atoms with Crippen LogP contribution >= 0.6 is 11.3 Å². The molecule has 8 rings (SSSR count). The van der Waals surface area contributed by atoms with E-state index in [0.717, 1.165) is 24.0 Å². The maximum Gasteiger partial charge on any atom is 0.277 e. The van der Waals surface area contributed by atoms with Crippen LogP contribution in [0.3, 0.4) is 0 Å². The molecule has 59 heavy (non-hydrogen) atoms. The molecule has 3 aromatic heterocycles. The highest BCUT2D eigenvalue weighted by Gasteiger charge is 2.46. The van der Waals surface area contributed by atoms with E-state index < -0.39 is 11.3 Å². The monoisotopic (exact) mass is 814 g/mol. The lowest BCUT2D eigenvalue weighted by atomic mass is 9.71. The number of ether oxygens (including phenoxy) is 2. The fourth-order valence-electron chi connectivity index (χ4n) is 7.45. The van der Waals surface area contributed by atoms with Crippen LogP contribution in [0.1, 0.15) is 62.5 Å². The molecule has 2 N–H and O–H groups in total. The van der Waals surface area contributed by atoms with E-state index >= 15 is 4.79 Å². The Balaban J connectivity index is 1.08. The summed E-state index contributed by atoms with van der Waals surface area (Å²) in [6.07, 6.45) is 3.97. The normalized spacial score (nSPS) is 15.4. The highest BCUT2D eigenvalue weighted by atomic mass is 32.1. The summed E-state index contributed by atoms with van der Waals surface area (Å²) in [5, 5.41) is 3.77. The number of amides is 4. The van der Waals surface area contributed by atoms with Crippen molar-refractivity contribution in [1.29, 1.82) is 0 Å². The number of oxazole rings is 2. The minimum atomic E-state index is -1.41. The smallest absolute Gasteiger partial charge is 0.277 e. The molecule has 6 aromatic rings. The number of hydrogen-bond acceptors (Lipinski definition) is 11. The number of thiophene rings is 1. The Morgan fingerprint density at radius 1 is 0.695 bits per heavy atom. The van der Waals surface area contributed by atoms with Gasteiger partial charge in [-0.3, -0.25) is 19.2 Å². The molecule has 2 aliphatic heterocycles. The second-order valence-corrected chi connectivity index (χ2v) is 15.3. The van der Waals surface area contributed by atoms with Crippen LogP contribution in [0, 0.1) is 0 Å². The van der Waals surface area contributed by atoms with E-state index in [-0.39, 0.29) is 73.9 Å². The molecular formula is C44H42N6O8S. The zero-order chi connectivity index (χ0) is 40.8. The van der Waals surface area contributed by atoms with Crippen LogP contribution in [0.2, 0.25) is 0 Å². The third-order valence-electron chi connectivity index (χ3n) is 10.5. The van der Waals surface area contributed by atoms with Gasteiger partial charge in [-0.1, -0.05) is 54.6 Å². The van der Waals surface area contributed by atoms with Gasteiger partial charge in [-0.25, -0.2) is 9.97 Å². The maximum atomic E-state index is 15.4. The molecule has 2 fully saturated rings. The molecular weight excluding hydrogens is 773 g/mol. The number of aromatic nitrogens is 2. The second kappa shape index (κ2) is 17.6. The molecule has 302 valence electrons. The van der Waals surface area contributed by atoms with Gasteiger partial charge >= 0.3 is 0 Å². The van der Waals surface area contributed by atoms with E-state index in [4.69, 9.17) is 24.0 Å². The Bertz CT molecular complexity index is 2270. The fourth-order valence-corrected chi connectivity index (χ4v) is 8.18. The van der Waals surface area contributed by atoms with Crippen molar-refractivity contribution in [2.45, 2.75) is 37.8 Å². The van der Waals surface area contributed by atoms with Gasteiger partial charge in [-0.15, -0.1) is 0 Å². The predicted molar refractivity (Wildman–Crippen MR) is 216 cm³/mol. The lowest BCUT2D eigenvalue weighted by Crippen LogP contribution is -2.49. The number of hydrogen-bond donors (Lipinski definition) is 1. The molecule has 5 heterocycles. The van der Waals surface area contributed by atoms with Crippen molar-refractivity contribution < 1.29 is 37.5 Å². The number of nitrogens with two attached hydrogens (primary N) is 1. The van der Waals surface area contributed by atoms with Crippen molar-refractivity contribution in [3.63, 3.8) is 0 Å². The Morgan fingerprint density at radius 3 is 1.66 bits per heavy atom. The van der Waals surface area contributed by atoms with Gasteiger partial charge in [-0.05, 0) is 76.2 Å². The lowest BCUT2D eigenvalue weighted by molar-refractivity contribution is -0.139. The summed E-state index contributed by atoms with van der Waals surface area (Å²) in [5.41, 5.74) is 9.15. The summed E-state index contributed by atoms with van der Waals surface area (Å²) in [5.74, 6) is -0.859. The number of nitrogens with zero attached hydrogens (tertiary/aromatic N) is 5. The van der Waals surface area contributed by atoms with Crippen LogP contribution in [-0.4, -0.2) is 88.1 Å². The number of primary amides is 1. The minimum Gasteiger partial charge on any atom is -0.444 e. The first-order valence-corrected chi connectivity index (χ1v) is 20.2. The average Bonchev–Trinajstić information content (AvgIpc) is 4.10. The number of rotatable bonds is 13. The largest absolute Gasteiger partial charge is 0.444 e. The molecule has 2 aliphatic rings. The molecule has 1 atom stereocenters. The number of carbonyl (C=O) groups is 4. The van der Waals surface area contributed by atoms with E-state index in [2.05, 4.69) is 9.97 Å². The van der Waals surface area contributed by atoms with Crippen molar-refractivity contribution in [2.24, 2.45) is 5.73 Å². The van der Waals surface area contributed by atoms with Crippen LogP contribution < -0.4 is 5.73 Å². The molecule has 0 radical (unpaired) electrons. The van der Waals surface area contributed by atoms with Gasteiger partial charge in [0, 0.05) is 43.7 Å². The lowest BCUT2D eigenvalue weighted by Gasteiger charge is -2.37. The van der Waals surface area contributed by atoms with E-state index in [9.17, 15) is 14.4 Å². The number of carbonyl (C=O) groups excluding carboxylic acids is 4. The van der Waals surface area contributed by atoms with Gasteiger partial charge in [0.25, 0.3) is 11.8 Å². The van der Waals surface area contributed by atoms with E-state index in [1.807, 2.05) is 95.7 Å². The van der Waals surface area contributed by atoms with Crippen LogP contribution in [-0.2, 0) is 37.6 Å². The summed E-state index contributed by atoms with van der Waals surface area (Å²) >= 11 is 1.43. The van der Waals surface area contributed by atoms with Crippen molar-refractivity contribution in [3.8, 4) is 22.9 Å². The zero-order valence-electron chi connectivity index (χ0n) is 32.2. The molecule has 1 unspecified atom stereocenters. The molecule has 15 heteroatoms. The Morgan fingerprint density at radius 2 is 1.22 bits per heavy atom. The second-order valence-electron chi connectivity index (χ2n) is 14.5. The zero-order valence-corrected chi connectivity index (χ0v) is 33.0. The van der Waals surface area contributed by atoms with Crippen molar-refractivity contribution in [3.05, 3.63) is 142 Å². The Kier molecular flexibility index (Phi) is 11.8. The Labute approximate surface area is 344 Å². The van der Waals surface area contributed by atoms with E-state index in [1.165, 1.54) is 23.9 Å². The van der Waals surface area contributed by atoms with Crippen LogP contribution in [0.5, 0.6) is 0 Å². The summed E-state index contributed by atoms with van der Waals surface area (Å²) in [4.78, 5) is 68.0. The predicted octanol–water partition coefficient (Wildman–Crippen LogP) is 6.09. The van der Waals surface area contributed by atoms with Gasteiger partial charge < -0.3 is 38.7 Å². The summed E-state index contributed by atoms with van der Waals surface area (Å²) < 4.78 is 22.3. The van der Waals surface area contributed by atoms with Crippen LogP contribution in [0.4, 0.5) is 0 Å². The minimum absolute atomic E-state index is 0.175. The highest BCUT2D eigenvalue weighted by Crippen LogP contribution is 2.40. The van der Waals surface area contributed by atoms with Crippen molar-refractivity contribution in [2.75, 3.05) is 39.8 Å². The summed E-state index contributed by atoms with van der Waals surface area (Å²) in [6, 6.07) is 25.9. The topological polar surface area (TPSA) is 175 Å². The Hall–Kier alpha value is -6.42. The molecule has 4 amide bonds. The van der Waals surface area contributed by atoms with E-state index in [1.54, 1.807) is 14.7 Å². The molecule has 14 nitrogen and oxygen atoms in total. The van der Waals surface area contributed by atoms with Crippen molar-refractivity contribution >= 4 is 35.0 Å². The van der Waals surface area contributed by atoms with Gasteiger partial charge in [0.1, 0.15) is 31.4 Å². The molecule has 0 saturated carbocycles. The van der Waals surface area contributed by atoms with Crippen LogP contribution in [0.25, 0.3) is 22.9 Å². The van der Waals surface area contributed by atoms with Gasteiger partial charge in [0.2, 0.25) is 23.6 Å². The number of benzene rings is 3. The fraction of sp³-hybridized carbons (Fsp3) is 0.273. The summed E-state index contributed by atoms with van der Waals surface area (Å²) in [7, 11) is 0. The summed E-state index contributed by atoms with van der Waals surface area (Å²) in [6.45, 7) is 3.19. The first kappa shape index (κ1) is 39.4. The molecule has 2 saturated heterocycles. The molecule has 3 aromatic carbocycles. The van der Waals surface area contributed by atoms with Crippen molar-refractivity contribution in [1.82, 2.24) is 24.7 Å². The third kappa shape index (κ3) is 8.58. The first-order valence-electron chi connectivity index (χ1n) is 19.3. The first-order chi connectivity index (χ1) is 28.8. The standard InChI is InChI=1S/C44H42N6O8S/c45-38(51)22-44(35-16-21-59-27-35,34-6-2-1-3-7-34)43(54)50(23-30-8-12-32(13-9-30)39-46-36(25-57-39)41(52)48-17-4-19-55-28-48)24-31-10-14-33(15-11-31)40-47-37(26-58-40)42(53)49-18-5-20-56-29-49/h1-3,6-16,21,25-27H,4-5,17-20,22-24,28-29H2,(H2,45,51). The molecule has 0 spiro atoms. The van der Waals surface area contributed by atoms with E-state index in [0.29, 0.717) is 48.6 Å². The molecule has 0 aliphatic carbocycles. The maximum absolute atomic E-state index is 15.4. The van der Waals surface area contributed by atoms with Gasteiger partial charge in [0.15, 0.2) is 11.4 Å². The third-order valence-corrected chi connectivity index (χ3v) is 11.2. The van der Waals surface area contributed by atoms with Gasteiger partial charge in [0.05, 0.1) is 13.2 Å². The van der Waals surface area contributed by atoms with Crippen LogP contribution in [0.15, 0.2) is 117 Å². The van der Waals surface area contributed by atoms with Gasteiger partial charge in [-0.2, -0.15) is 11.3 Å². The molecule has 0 bridgehead atoms. The average molecular weight is 815 g/mol. The SMILES string of the molecule is NC(=O)CC(C(=O)N(Cc1ccc(-c2nc(C(=O)N3CCCOC3)co2)cc1)Cc1ccc(-c2nc(C(=O)N3CCCOC3)co2)cc1)(c1ccccc1)c1ccsc1. The quantitative estimate of drug-likeness (QED) is 0.144. The highest BCUT2D eigenvalue weighted by molar-refractivity contribution is 7.08.